The minimum atomic E-state index is -1.95. The van der Waals surface area contributed by atoms with E-state index >= 15 is 0 Å². The zero-order chi connectivity index (χ0) is 18.7. The molecule has 5 heteroatoms. The van der Waals surface area contributed by atoms with Gasteiger partial charge in [0.2, 0.25) is 8.32 Å². The maximum absolute atomic E-state index is 11.5. The zero-order valence-corrected chi connectivity index (χ0v) is 17.1. The SMILES string of the molecule is C=C1C(=CC(=CC)O[Si](C)(C)C(C)(C)C)C(O)CC1CC(=O)OC. The third kappa shape index (κ3) is 4.83. The summed E-state index contributed by atoms with van der Waals surface area (Å²) in [6, 6.07) is 0. The molecule has 0 aromatic rings. The van der Waals surface area contributed by atoms with Gasteiger partial charge in [0.25, 0.3) is 0 Å². The van der Waals surface area contributed by atoms with Crippen LogP contribution >= 0.6 is 0 Å². The average Bonchev–Trinajstić information content (AvgIpc) is 2.72. The molecule has 0 amide bonds. The number of aliphatic hydroxyl groups excluding tert-OH is 1. The Bertz CT molecular complexity index is 552. The lowest BCUT2D eigenvalue weighted by molar-refractivity contribution is -0.141. The van der Waals surface area contributed by atoms with Gasteiger partial charge in [-0.3, -0.25) is 4.79 Å². The first kappa shape index (κ1) is 20.7. The highest BCUT2D eigenvalue weighted by Crippen LogP contribution is 2.41. The number of carbonyl (C=O) groups is 1. The van der Waals surface area contributed by atoms with Crippen molar-refractivity contribution in [2.75, 3.05) is 7.11 Å². The molecule has 136 valence electrons. The number of hydrogen-bond donors (Lipinski definition) is 1. The van der Waals surface area contributed by atoms with Crippen molar-refractivity contribution in [1.82, 2.24) is 0 Å². The minimum absolute atomic E-state index is 0.0790. The van der Waals surface area contributed by atoms with Crippen molar-refractivity contribution in [3.05, 3.63) is 35.6 Å². The maximum atomic E-state index is 11.5. The van der Waals surface area contributed by atoms with Crippen molar-refractivity contribution < 1.29 is 19.1 Å². The lowest BCUT2D eigenvalue weighted by atomic mass is 9.99. The number of ether oxygens (including phenoxy) is 1. The maximum Gasteiger partial charge on any atom is 0.306 e. The van der Waals surface area contributed by atoms with Crippen LogP contribution in [0.1, 0.15) is 40.5 Å². The molecule has 1 rings (SSSR count). The molecule has 1 N–H and O–H groups in total. The second-order valence-corrected chi connectivity index (χ2v) is 12.6. The Hall–Kier alpha value is -1.33. The van der Waals surface area contributed by atoms with Crippen LogP contribution in [-0.2, 0) is 14.0 Å². The molecule has 4 nitrogen and oxygen atoms in total. The normalized spacial score (nSPS) is 24.4. The van der Waals surface area contributed by atoms with E-state index in [2.05, 4.69) is 40.4 Å². The summed E-state index contributed by atoms with van der Waals surface area (Å²) in [6.07, 6.45) is 3.92. The van der Waals surface area contributed by atoms with Gasteiger partial charge < -0.3 is 14.3 Å². The molecule has 0 aromatic carbocycles. The number of aliphatic hydroxyl groups is 1. The third-order valence-electron chi connectivity index (χ3n) is 5.13. The average molecular weight is 353 g/mol. The summed E-state index contributed by atoms with van der Waals surface area (Å²) in [7, 11) is -0.579. The van der Waals surface area contributed by atoms with Gasteiger partial charge in [0, 0.05) is 0 Å². The van der Waals surface area contributed by atoms with Gasteiger partial charge in [0.05, 0.1) is 25.4 Å². The molecule has 0 heterocycles. The summed E-state index contributed by atoms with van der Waals surface area (Å²) in [5, 5.41) is 10.5. The first-order chi connectivity index (χ1) is 10.9. The van der Waals surface area contributed by atoms with Crippen LogP contribution in [0.5, 0.6) is 0 Å². The lowest BCUT2D eigenvalue weighted by Gasteiger charge is -2.37. The van der Waals surface area contributed by atoms with Crippen LogP contribution < -0.4 is 0 Å². The summed E-state index contributed by atoms with van der Waals surface area (Å²) in [5.74, 6) is 0.401. The highest BCUT2D eigenvalue weighted by atomic mass is 28.4. The molecule has 0 aromatic heterocycles. The molecular formula is C19H32O4Si. The fourth-order valence-electron chi connectivity index (χ4n) is 2.44. The van der Waals surface area contributed by atoms with Gasteiger partial charge >= 0.3 is 5.97 Å². The van der Waals surface area contributed by atoms with Crippen molar-refractivity contribution in [1.29, 1.82) is 0 Å². The number of hydrogen-bond acceptors (Lipinski definition) is 4. The van der Waals surface area contributed by atoms with Gasteiger partial charge in [0.1, 0.15) is 0 Å². The first-order valence-corrected chi connectivity index (χ1v) is 11.3. The van der Waals surface area contributed by atoms with E-state index in [1.54, 1.807) is 0 Å². The Morgan fingerprint density at radius 1 is 1.42 bits per heavy atom. The van der Waals surface area contributed by atoms with E-state index in [0.29, 0.717) is 6.42 Å². The number of carbonyl (C=O) groups excluding carboxylic acids is 1. The molecule has 0 aliphatic heterocycles. The molecule has 1 aliphatic rings. The summed E-state index contributed by atoms with van der Waals surface area (Å²) in [5.41, 5.74) is 1.56. The Balaban J connectivity index is 2.97. The van der Waals surface area contributed by atoms with E-state index in [-0.39, 0.29) is 23.3 Å². The van der Waals surface area contributed by atoms with Crippen LogP contribution in [0.4, 0.5) is 0 Å². The van der Waals surface area contributed by atoms with Crippen molar-refractivity contribution in [2.45, 2.75) is 64.8 Å². The Morgan fingerprint density at radius 2 is 2.00 bits per heavy atom. The van der Waals surface area contributed by atoms with Gasteiger partial charge in [0.15, 0.2) is 0 Å². The topological polar surface area (TPSA) is 55.8 Å². The summed E-state index contributed by atoms with van der Waals surface area (Å²) in [4.78, 5) is 11.5. The van der Waals surface area contributed by atoms with Crippen LogP contribution in [0, 0.1) is 5.92 Å². The van der Waals surface area contributed by atoms with E-state index in [4.69, 9.17) is 9.16 Å². The highest BCUT2D eigenvalue weighted by Gasteiger charge is 2.39. The van der Waals surface area contributed by atoms with Crippen molar-refractivity contribution in [2.24, 2.45) is 5.92 Å². The lowest BCUT2D eigenvalue weighted by Crippen LogP contribution is -2.40. The Labute approximate surface area is 147 Å². The fourth-order valence-corrected chi connectivity index (χ4v) is 3.51. The standard InChI is InChI=1S/C19H32O4Si/c1-9-15(23-24(7,8)19(3,4)5)12-16-13(2)14(10-17(16)20)11-18(21)22-6/h9,12,14,17,20H,2,10-11H2,1,3-8H3. The third-order valence-corrected chi connectivity index (χ3v) is 9.49. The fraction of sp³-hybridized carbons (Fsp3) is 0.632. The van der Waals surface area contributed by atoms with E-state index in [0.717, 1.165) is 16.9 Å². The predicted molar refractivity (Wildman–Crippen MR) is 100 cm³/mol. The molecule has 0 bridgehead atoms. The summed E-state index contributed by atoms with van der Waals surface area (Å²) in [6.45, 7) is 17.0. The Kier molecular flexibility index (Phi) is 6.65. The molecule has 1 fully saturated rings. The van der Waals surface area contributed by atoms with Crippen LogP contribution in [0.15, 0.2) is 35.6 Å². The van der Waals surface area contributed by atoms with Crippen LogP contribution in [0.3, 0.4) is 0 Å². The zero-order valence-electron chi connectivity index (χ0n) is 16.1. The molecule has 2 atom stereocenters. The number of rotatable bonds is 5. The monoisotopic (exact) mass is 352 g/mol. The highest BCUT2D eigenvalue weighted by molar-refractivity contribution is 6.74. The predicted octanol–water partition coefficient (Wildman–Crippen LogP) is 4.34. The van der Waals surface area contributed by atoms with Gasteiger partial charge in [-0.1, -0.05) is 27.4 Å². The largest absolute Gasteiger partial charge is 0.544 e. The smallest absolute Gasteiger partial charge is 0.306 e. The minimum Gasteiger partial charge on any atom is -0.544 e. The van der Waals surface area contributed by atoms with Crippen LogP contribution in [-0.4, -0.2) is 32.6 Å². The van der Waals surface area contributed by atoms with Gasteiger partial charge in [-0.15, -0.1) is 0 Å². The van der Waals surface area contributed by atoms with E-state index in [1.165, 1.54) is 7.11 Å². The van der Waals surface area contributed by atoms with E-state index < -0.39 is 14.4 Å². The van der Waals surface area contributed by atoms with E-state index in [1.807, 2.05) is 19.1 Å². The molecule has 0 saturated heterocycles. The van der Waals surface area contributed by atoms with Crippen molar-refractivity contribution >= 4 is 14.3 Å². The summed E-state index contributed by atoms with van der Waals surface area (Å²) < 4.78 is 11.1. The second-order valence-electron chi connectivity index (χ2n) is 7.91. The van der Waals surface area contributed by atoms with Crippen LogP contribution in [0.25, 0.3) is 0 Å². The number of allylic oxidation sites excluding steroid dienone is 2. The molecule has 2 unspecified atom stereocenters. The van der Waals surface area contributed by atoms with E-state index in [9.17, 15) is 9.90 Å². The molecular weight excluding hydrogens is 320 g/mol. The molecule has 1 aliphatic carbocycles. The molecule has 24 heavy (non-hydrogen) atoms. The van der Waals surface area contributed by atoms with Crippen molar-refractivity contribution in [3.63, 3.8) is 0 Å². The Morgan fingerprint density at radius 3 is 2.46 bits per heavy atom. The van der Waals surface area contributed by atoms with Gasteiger partial charge in [-0.05, 0) is 60.7 Å². The number of esters is 1. The van der Waals surface area contributed by atoms with Gasteiger partial charge in [-0.25, -0.2) is 0 Å². The van der Waals surface area contributed by atoms with Gasteiger partial charge in [-0.2, -0.15) is 0 Å². The van der Waals surface area contributed by atoms with Crippen LogP contribution in [0.2, 0.25) is 18.1 Å². The summed E-state index contributed by atoms with van der Waals surface area (Å²) >= 11 is 0. The van der Waals surface area contributed by atoms with Crippen molar-refractivity contribution in [3.8, 4) is 0 Å². The molecule has 1 saturated carbocycles. The number of methoxy groups -OCH3 is 1. The quantitative estimate of drug-likeness (QED) is 0.454. The molecule has 0 radical (unpaired) electrons. The first-order valence-electron chi connectivity index (χ1n) is 8.44. The second kappa shape index (κ2) is 7.70. The molecule has 0 spiro atoms.